The van der Waals surface area contributed by atoms with Gasteiger partial charge in [-0.2, -0.15) is 4.99 Å². The van der Waals surface area contributed by atoms with Crippen molar-refractivity contribution in [2.24, 2.45) is 4.99 Å². The van der Waals surface area contributed by atoms with Gasteiger partial charge in [-0.25, -0.2) is 0 Å². The van der Waals surface area contributed by atoms with Crippen LogP contribution in [0.3, 0.4) is 0 Å². The third-order valence-corrected chi connectivity index (χ3v) is 5.73. The van der Waals surface area contributed by atoms with Gasteiger partial charge >= 0.3 is 0 Å². The molecule has 0 unspecified atom stereocenters. The number of hydrogen-bond acceptors (Lipinski definition) is 1. The maximum Gasteiger partial charge on any atom is 0.236 e. The molecule has 0 radical (unpaired) electrons. The first-order valence-electron chi connectivity index (χ1n) is 9.01. The number of hydrogen-bond donors (Lipinski definition) is 0. The Morgan fingerprint density at radius 3 is 1.59 bits per heavy atom. The lowest BCUT2D eigenvalue weighted by atomic mass is 9.95. The standard InChI is InChI=1S/C18H29N3O/c1-14-15(2)21(17-11-7-4-8-12-17)18(19-13-22)20(14)16-9-5-3-6-10-16/h13,16-17H,3-12H2,1-2H3. The van der Waals surface area contributed by atoms with Crippen molar-refractivity contribution >= 4 is 6.41 Å². The van der Waals surface area contributed by atoms with Gasteiger partial charge < -0.3 is 9.13 Å². The van der Waals surface area contributed by atoms with Crippen LogP contribution in [0.2, 0.25) is 0 Å². The molecular weight excluding hydrogens is 274 g/mol. The predicted octanol–water partition coefficient (Wildman–Crippen LogP) is 3.97. The number of aromatic nitrogens is 2. The summed E-state index contributed by atoms with van der Waals surface area (Å²) in [5.41, 5.74) is 3.51. The number of imidazole rings is 1. The minimum absolute atomic E-state index is 0.524. The Morgan fingerprint density at radius 2 is 1.23 bits per heavy atom. The summed E-state index contributed by atoms with van der Waals surface area (Å²) in [6.45, 7) is 4.40. The number of amides is 1. The van der Waals surface area contributed by atoms with E-state index in [0.29, 0.717) is 12.1 Å². The topological polar surface area (TPSA) is 39.3 Å². The molecule has 2 aliphatic carbocycles. The van der Waals surface area contributed by atoms with Gasteiger partial charge in [0, 0.05) is 23.5 Å². The Kier molecular flexibility index (Phi) is 4.84. The zero-order valence-corrected chi connectivity index (χ0v) is 14.1. The van der Waals surface area contributed by atoms with Crippen LogP contribution in [0.15, 0.2) is 4.99 Å². The average Bonchev–Trinajstić information content (AvgIpc) is 2.81. The fourth-order valence-corrected chi connectivity index (χ4v) is 4.49. The highest BCUT2D eigenvalue weighted by molar-refractivity contribution is 5.47. The van der Waals surface area contributed by atoms with E-state index in [1.54, 1.807) is 0 Å². The van der Waals surface area contributed by atoms with Crippen LogP contribution in [0.5, 0.6) is 0 Å². The van der Waals surface area contributed by atoms with Crippen LogP contribution < -0.4 is 5.62 Å². The molecule has 2 fully saturated rings. The van der Waals surface area contributed by atoms with Gasteiger partial charge in [0.05, 0.1) is 0 Å². The number of nitrogens with zero attached hydrogens (tertiary/aromatic N) is 3. The lowest BCUT2D eigenvalue weighted by molar-refractivity contribution is -0.107. The van der Waals surface area contributed by atoms with E-state index >= 15 is 0 Å². The Hall–Kier alpha value is -1.32. The van der Waals surface area contributed by atoms with Crippen molar-refractivity contribution in [1.82, 2.24) is 9.13 Å². The molecule has 0 saturated heterocycles. The molecule has 1 amide bonds. The SMILES string of the molecule is Cc1c(C)n(C2CCCCC2)c(=NC=O)n1C1CCCCC1. The molecule has 4 nitrogen and oxygen atoms in total. The number of rotatable bonds is 3. The summed E-state index contributed by atoms with van der Waals surface area (Å²) in [5, 5.41) is 0. The van der Waals surface area contributed by atoms with Crippen molar-refractivity contribution in [3.05, 3.63) is 17.0 Å². The van der Waals surface area contributed by atoms with Crippen molar-refractivity contribution in [2.45, 2.75) is 90.1 Å². The van der Waals surface area contributed by atoms with E-state index in [1.807, 2.05) is 0 Å². The van der Waals surface area contributed by atoms with Crippen molar-refractivity contribution in [2.75, 3.05) is 0 Å². The summed E-state index contributed by atoms with van der Waals surface area (Å²) >= 11 is 0. The van der Waals surface area contributed by atoms with Crippen molar-refractivity contribution in [3.8, 4) is 0 Å². The highest BCUT2D eigenvalue weighted by Crippen LogP contribution is 2.32. The van der Waals surface area contributed by atoms with Gasteiger partial charge in [0.1, 0.15) is 0 Å². The highest BCUT2D eigenvalue weighted by Gasteiger charge is 2.25. The van der Waals surface area contributed by atoms with E-state index in [-0.39, 0.29) is 0 Å². The van der Waals surface area contributed by atoms with Gasteiger partial charge in [0.2, 0.25) is 12.0 Å². The Morgan fingerprint density at radius 1 is 0.818 bits per heavy atom. The minimum Gasteiger partial charge on any atom is -0.311 e. The second-order valence-corrected chi connectivity index (χ2v) is 7.03. The first kappa shape index (κ1) is 15.6. The second kappa shape index (κ2) is 6.84. The van der Waals surface area contributed by atoms with Gasteiger partial charge in [0.15, 0.2) is 0 Å². The summed E-state index contributed by atoms with van der Waals surface area (Å²) in [6.07, 6.45) is 13.5. The first-order chi connectivity index (χ1) is 10.7. The molecule has 1 aromatic heterocycles. The largest absolute Gasteiger partial charge is 0.311 e. The molecule has 4 heteroatoms. The van der Waals surface area contributed by atoms with Crippen molar-refractivity contribution < 1.29 is 4.79 Å². The fourth-order valence-electron chi connectivity index (χ4n) is 4.49. The van der Waals surface area contributed by atoms with Gasteiger partial charge in [0.25, 0.3) is 0 Å². The third-order valence-electron chi connectivity index (χ3n) is 5.73. The van der Waals surface area contributed by atoms with Crippen LogP contribution in [0.1, 0.15) is 87.7 Å². The maximum absolute atomic E-state index is 11.2. The predicted molar refractivity (Wildman–Crippen MR) is 87.8 cm³/mol. The molecule has 0 atom stereocenters. The molecule has 2 aliphatic rings. The van der Waals surface area contributed by atoms with Crippen LogP contribution >= 0.6 is 0 Å². The average molecular weight is 303 g/mol. The van der Waals surface area contributed by atoms with Gasteiger partial charge in [-0.15, -0.1) is 0 Å². The smallest absolute Gasteiger partial charge is 0.236 e. The van der Waals surface area contributed by atoms with Crippen LogP contribution in [0.25, 0.3) is 0 Å². The molecule has 122 valence electrons. The molecule has 0 bridgehead atoms. The van der Waals surface area contributed by atoms with E-state index in [2.05, 4.69) is 28.0 Å². The maximum atomic E-state index is 11.2. The summed E-state index contributed by atoms with van der Waals surface area (Å²) in [5.74, 6) is 0. The minimum atomic E-state index is 0.524. The van der Waals surface area contributed by atoms with E-state index in [9.17, 15) is 4.79 Å². The normalized spacial score (nSPS) is 21.0. The monoisotopic (exact) mass is 303 g/mol. The van der Waals surface area contributed by atoms with Crippen molar-refractivity contribution in [1.29, 1.82) is 0 Å². The number of carbonyl (C=O) groups excluding carboxylic acids is 1. The second-order valence-electron chi connectivity index (χ2n) is 7.03. The molecule has 22 heavy (non-hydrogen) atoms. The Labute approximate surface area is 133 Å². The molecule has 1 aromatic rings. The highest BCUT2D eigenvalue weighted by atomic mass is 16.1. The van der Waals surface area contributed by atoms with E-state index in [4.69, 9.17) is 0 Å². The zero-order valence-electron chi connectivity index (χ0n) is 14.1. The van der Waals surface area contributed by atoms with Crippen LogP contribution in [0, 0.1) is 13.8 Å². The van der Waals surface area contributed by atoms with Crippen LogP contribution in [-0.4, -0.2) is 15.5 Å². The fraction of sp³-hybridized carbons (Fsp3) is 0.778. The quantitative estimate of drug-likeness (QED) is 0.779. The lowest BCUT2D eigenvalue weighted by Gasteiger charge is -2.26. The summed E-state index contributed by atoms with van der Waals surface area (Å²) in [7, 11) is 0. The Bertz CT molecular complexity index is 540. The number of carbonyl (C=O) groups is 1. The molecule has 0 aliphatic heterocycles. The Balaban J connectivity index is 2.09. The van der Waals surface area contributed by atoms with E-state index in [0.717, 1.165) is 12.0 Å². The summed E-state index contributed by atoms with van der Waals surface area (Å²) in [4.78, 5) is 15.5. The molecule has 3 rings (SSSR count). The third kappa shape index (κ3) is 2.80. The van der Waals surface area contributed by atoms with E-state index < -0.39 is 0 Å². The molecule has 0 N–H and O–H groups in total. The molecule has 1 heterocycles. The molecule has 0 aromatic carbocycles. The molecular formula is C18H29N3O. The molecule has 2 saturated carbocycles. The molecule has 0 spiro atoms. The van der Waals surface area contributed by atoms with Gasteiger partial charge in [-0.1, -0.05) is 38.5 Å². The zero-order chi connectivity index (χ0) is 15.5. The first-order valence-corrected chi connectivity index (χ1v) is 9.01. The summed E-state index contributed by atoms with van der Waals surface area (Å²) in [6, 6.07) is 1.05. The van der Waals surface area contributed by atoms with E-state index in [1.165, 1.54) is 75.6 Å². The lowest BCUT2D eigenvalue weighted by Crippen LogP contribution is -2.33. The van der Waals surface area contributed by atoms with Crippen molar-refractivity contribution in [3.63, 3.8) is 0 Å². The van der Waals surface area contributed by atoms with Gasteiger partial charge in [-0.05, 0) is 39.5 Å². The summed E-state index contributed by atoms with van der Waals surface area (Å²) < 4.78 is 4.75. The van der Waals surface area contributed by atoms with Crippen LogP contribution in [-0.2, 0) is 4.79 Å². The van der Waals surface area contributed by atoms with Gasteiger partial charge in [-0.3, -0.25) is 4.79 Å². The van der Waals surface area contributed by atoms with Crippen LogP contribution in [0.4, 0.5) is 0 Å².